The third-order valence-electron chi connectivity index (χ3n) is 7.58. The number of rotatable bonds is 7. The molecule has 1 amide bonds. The normalized spacial score (nSPS) is 15.0. The molecule has 246 valence electrons. The number of ether oxygens (including phenoxy) is 2. The van der Waals surface area contributed by atoms with Crippen molar-refractivity contribution in [2.24, 2.45) is 0 Å². The number of nitrogens with zero attached hydrogens (tertiary/aromatic N) is 6. The van der Waals surface area contributed by atoms with Crippen LogP contribution in [0.2, 0.25) is 0 Å². The number of halogens is 2. The van der Waals surface area contributed by atoms with Crippen molar-refractivity contribution >= 4 is 50.8 Å². The molecule has 2 aromatic carbocycles. The summed E-state index contributed by atoms with van der Waals surface area (Å²) in [6.45, 7) is 7.90. The molecule has 1 aliphatic rings. The third-order valence-corrected chi connectivity index (χ3v) is 8.57. The van der Waals surface area contributed by atoms with Crippen molar-refractivity contribution in [2.45, 2.75) is 39.3 Å². The average Bonchev–Trinajstić information content (AvgIpc) is 3.48. The van der Waals surface area contributed by atoms with Gasteiger partial charge in [-0.2, -0.15) is 5.26 Å². The summed E-state index contributed by atoms with van der Waals surface area (Å²) in [6, 6.07) is 11.7. The van der Waals surface area contributed by atoms with Crippen molar-refractivity contribution in [1.29, 1.82) is 5.26 Å². The number of carbonyl (C=O) groups excluding carboxylic acids is 2. The van der Waals surface area contributed by atoms with Crippen LogP contribution in [0.3, 0.4) is 0 Å². The zero-order chi connectivity index (χ0) is 34.0. The number of fused-ring (bicyclic) bond motifs is 1. The number of aliphatic hydroxyl groups is 1. The second kappa shape index (κ2) is 13.5. The molecule has 4 aromatic rings. The van der Waals surface area contributed by atoms with Gasteiger partial charge in [-0.25, -0.2) is 28.3 Å². The van der Waals surface area contributed by atoms with E-state index in [0.29, 0.717) is 51.1 Å². The SMILES string of the molecule is CCN(c1nc(-c2ccc(F)cc2)c(C#N)s1)c1cc(C(=O)OC)nc2c(F)cc(N3CCN(C(=O)OC(C)(C)C)C(CO)C3)cc12. The number of piperazine rings is 1. The highest BCUT2D eigenvalue weighted by Crippen LogP contribution is 2.40. The van der Waals surface area contributed by atoms with E-state index in [1.807, 2.05) is 11.8 Å². The summed E-state index contributed by atoms with van der Waals surface area (Å²) in [4.78, 5) is 39.9. The van der Waals surface area contributed by atoms with Gasteiger partial charge in [-0.05, 0) is 70.2 Å². The highest BCUT2D eigenvalue weighted by atomic mass is 32.1. The van der Waals surface area contributed by atoms with Crippen molar-refractivity contribution in [3.05, 3.63) is 64.7 Å². The molecule has 0 bridgehead atoms. The molecule has 1 unspecified atom stereocenters. The molecular formula is C33H34F2N6O5S. The number of amides is 1. The molecule has 47 heavy (non-hydrogen) atoms. The summed E-state index contributed by atoms with van der Waals surface area (Å²) < 4.78 is 40.0. The number of aromatic nitrogens is 2. The van der Waals surface area contributed by atoms with Crippen LogP contribution in [0.15, 0.2) is 42.5 Å². The van der Waals surface area contributed by atoms with Gasteiger partial charge in [0.25, 0.3) is 0 Å². The van der Waals surface area contributed by atoms with Gasteiger partial charge >= 0.3 is 12.1 Å². The van der Waals surface area contributed by atoms with E-state index in [4.69, 9.17) is 14.5 Å². The Labute approximate surface area is 274 Å². The van der Waals surface area contributed by atoms with Crippen LogP contribution in [-0.2, 0) is 9.47 Å². The largest absolute Gasteiger partial charge is 0.464 e. The fourth-order valence-electron chi connectivity index (χ4n) is 5.39. The molecule has 2 aromatic heterocycles. The van der Waals surface area contributed by atoms with Gasteiger partial charge in [-0.3, -0.25) is 4.90 Å². The minimum Gasteiger partial charge on any atom is -0.464 e. The Kier molecular flexibility index (Phi) is 9.60. The number of hydrogen-bond donors (Lipinski definition) is 1. The highest BCUT2D eigenvalue weighted by molar-refractivity contribution is 7.16. The Morgan fingerprint density at radius 1 is 1.15 bits per heavy atom. The number of benzene rings is 2. The molecule has 1 saturated heterocycles. The second-order valence-corrected chi connectivity index (χ2v) is 12.8. The van der Waals surface area contributed by atoms with Crippen molar-refractivity contribution in [1.82, 2.24) is 14.9 Å². The van der Waals surface area contributed by atoms with Crippen LogP contribution in [0.4, 0.5) is 30.1 Å². The van der Waals surface area contributed by atoms with Crippen LogP contribution in [0.5, 0.6) is 0 Å². The molecule has 14 heteroatoms. The maximum Gasteiger partial charge on any atom is 0.410 e. The number of thiazole rings is 1. The van der Waals surface area contributed by atoms with E-state index in [-0.39, 0.29) is 30.9 Å². The number of nitriles is 1. The molecule has 11 nitrogen and oxygen atoms in total. The van der Waals surface area contributed by atoms with E-state index in [2.05, 4.69) is 11.1 Å². The van der Waals surface area contributed by atoms with Crippen molar-refractivity contribution in [2.75, 3.05) is 49.7 Å². The number of methoxy groups -OCH3 is 1. The minimum atomic E-state index is -0.763. The van der Waals surface area contributed by atoms with Crippen LogP contribution in [0, 0.1) is 23.0 Å². The third kappa shape index (κ3) is 6.96. The van der Waals surface area contributed by atoms with Crippen LogP contribution < -0.4 is 9.80 Å². The van der Waals surface area contributed by atoms with Gasteiger partial charge < -0.3 is 24.4 Å². The zero-order valence-electron chi connectivity index (χ0n) is 26.6. The van der Waals surface area contributed by atoms with Crippen LogP contribution in [-0.4, -0.2) is 83.6 Å². The summed E-state index contributed by atoms with van der Waals surface area (Å²) >= 11 is 1.10. The Hall–Kier alpha value is -4.87. The average molecular weight is 665 g/mol. The van der Waals surface area contributed by atoms with Gasteiger partial charge in [0.05, 0.1) is 25.4 Å². The van der Waals surface area contributed by atoms with Crippen molar-refractivity contribution in [3.8, 4) is 17.3 Å². The Morgan fingerprint density at radius 2 is 1.87 bits per heavy atom. The minimum absolute atomic E-state index is 0.0768. The van der Waals surface area contributed by atoms with Crippen molar-refractivity contribution < 1.29 is 33.0 Å². The summed E-state index contributed by atoms with van der Waals surface area (Å²) in [5.41, 5.74) is 0.878. The molecule has 3 heterocycles. The lowest BCUT2D eigenvalue weighted by molar-refractivity contribution is 0.00702. The molecular weight excluding hydrogens is 630 g/mol. The Balaban J connectivity index is 1.59. The monoisotopic (exact) mass is 664 g/mol. The van der Waals surface area contributed by atoms with Gasteiger partial charge in [0, 0.05) is 42.8 Å². The van der Waals surface area contributed by atoms with E-state index in [1.165, 1.54) is 48.4 Å². The number of aliphatic hydroxyl groups excluding tert-OH is 1. The van der Waals surface area contributed by atoms with Gasteiger partial charge in [-0.1, -0.05) is 11.3 Å². The van der Waals surface area contributed by atoms with E-state index in [9.17, 15) is 24.3 Å². The lowest BCUT2D eigenvalue weighted by Crippen LogP contribution is -2.57. The molecule has 5 rings (SSSR count). The molecule has 0 aliphatic carbocycles. The summed E-state index contributed by atoms with van der Waals surface area (Å²) in [5.74, 6) is -1.88. The predicted molar refractivity (Wildman–Crippen MR) is 174 cm³/mol. The second-order valence-electron chi connectivity index (χ2n) is 11.8. The Bertz CT molecular complexity index is 1850. The topological polar surface area (TPSA) is 132 Å². The maximum absolute atomic E-state index is 16.0. The zero-order valence-corrected chi connectivity index (χ0v) is 27.4. The van der Waals surface area contributed by atoms with Crippen LogP contribution in [0.25, 0.3) is 22.2 Å². The number of anilines is 3. The number of carbonyl (C=O) groups is 2. The first-order valence-corrected chi connectivity index (χ1v) is 15.7. The highest BCUT2D eigenvalue weighted by Gasteiger charge is 2.34. The quantitative estimate of drug-likeness (QED) is 0.239. The summed E-state index contributed by atoms with van der Waals surface area (Å²) in [5, 5.41) is 20.8. The molecule has 0 radical (unpaired) electrons. The first-order valence-electron chi connectivity index (χ1n) is 14.9. The fraction of sp³-hybridized carbons (Fsp3) is 0.364. The predicted octanol–water partition coefficient (Wildman–Crippen LogP) is 5.87. The first kappa shape index (κ1) is 33.5. The standard InChI is InChI=1S/C33H34F2N6O5S/c1-6-40(31-38-28(27(16-36)47-31)19-7-9-20(34)10-8-19)26-15-25(30(43)45-5)37-29-23(26)13-21(14-24(29)35)39-11-12-41(22(17-39)18-42)32(44)46-33(2,3)4/h7-10,13-15,22,42H,6,11-12,17-18H2,1-5H3. The van der Waals surface area contributed by atoms with E-state index in [0.717, 1.165) is 11.3 Å². The van der Waals surface area contributed by atoms with E-state index in [1.54, 1.807) is 31.7 Å². The Morgan fingerprint density at radius 3 is 2.49 bits per heavy atom. The van der Waals surface area contributed by atoms with Crippen molar-refractivity contribution in [3.63, 3.8) is 0 Å². The molecule has 1 fully saturated rings. The van der Waals surface area contributed by atoms with Gasteiger partial charge in [-0.15, -0.1) is 0 Å². The fourth-order valence-corrected chi connectivity index (χ4v) is 6.35. The molecule has 1 N–H and O–H groups in total. The van der Waals surface area contributed by atoms with Gasteiger partial charge in [0.1, 0.15) is 33.6 Å². The first-order chi connectivity index (χ1) is 22.4. The number of esters is 1. The summed E-state index contributed by atoms with van der Waals surface area (Å²) in [7, 11) is 1.20. The van der Waals surface area contributed by atoms with Crippen LogP contribution in [0.1, 0.15) is 43.1 Å². The van der Waals surface area contributed by atoms with E-state index < -0.39 is 35.3 Å². The van der Waals surface area contributed by atoms with E-state index >= 15 is 4.39 Å². The lowest BCUT2D eigenvalue weighted by Gasteiger charge is -2.42. The smallest absolute Gasteiger partial charge is 0.410 e. The molecule has 0 spiro atoms. The summed E-state index contributed by atoms with van der Waals surface area (Å²) in [6.07, 6.45) is -0.540. The molecule has 0 saturated carbocycles. The van der Waals surface area contributed by atoms with Crippen LogP contribution >= 0.6 is 11.3 Å². The molecule has 1 aliphatic heterocycles. The number of pyridine rings is 1. The van der Waals surface area contributed by atoms with Gasteiger partial charge in [0.15, 0.2) is 16.6 Å². The van der Waals surface area contributed by atoms with Gasteiger partial charge in [0.2, 0.25) is 0 Å². The lowest BCUT2D eigenvalue weighted by atomic mass is 10.1. The maximum atomic E-state index is 16.0. The molecule has 1 atom stereocenters. The number of hydrogen-bond acceptors (Lipinski definition) is 11.